The molecule has 0 spiro atoms. The van der Waals surface area contributed by atoms with Gasteiger partial charge in [-0.05, 0) is 42.1 Å². The number of hydrogen-bond acceptors (Lipinski definition) is 4. The molecule has 1 aromatic carbocycles. The van der Waals surface area contributed by atoms with Crippen LogP contribution in [0.5, 0.6) is 0 Å². The highest BCUT2D eigenvalue weighted by atomic mass is 35.5. The average molecular weight is 326 g/mol. The molecule has 0 unspecified atom stereocenters. The topological polar surface area (TPSA) is 72.0 Å². The minimum absolute atomic E-state index is 0.00854. The molecule has 0 radical (unpaired) electrons. The van der Waals surface area contributed by atoms with Crippen molar-refractivity contribution in [3.8, 4) is 0 Å². The van der Waals surface area contributed by atoms with Gasteiger partial charge >= 0.3 is 0 Å². The Morgan fingerprint density at radius 2 is 1.76 bits per heavy atom. The smallest absolute Gasteiger partial charge is 0.264 e. The van der Waals surface area contributed by atoms with Gasteiger partial charge in [0.25, 0.3) is 10.0 Å². The predicted octanol–water partition coefficient (Wildman–Crippen LogP) is 3.27. The molecule has 0 aliphatic carbocycles. The fourth-order valence-electron chi connectivity index (χ4n) is 1.77. The molecule has 0 atom stereocenters. The maximum Gasteiger partial charge on any atom is 0.264 e. The van der Waals surface area contributed by atoms with Gasteiger partial charge in [0.15, 0.2) is 0 Å². The third-order valence-corrected chi connectivity index (χ3v) is 4.46. The summed E-state index contributed by atoms with van der Waals surface area (Å²) in [5, 5.41) is 0.00854. The van der Waals surface area contributed by atoms with E-state index in [2.05, 4.69) is 21.6 Å². The molecule has 112 valence electrons. The maximum atomic E-state index is 12.1. The summed E-state index contributed by atoms with van der Waals surface area (Å²) in [4.78, 5) is 7.31. The fourth-order valence-corrected chi connectivity index (χ4v) is 2.82. The maximum absolute atomic E-state index is 12.1. The van der Waals surface area contributed by atoms with E-state index in [1.54, 1.807) is 12.1 Å². The SMILES string of the molecule is CCCCc1ccc(NS(=O)(=O)c2cnc(Cl)nc2)cc1. The van der Waals surface area contributed by atoms with E-state index < -0.39 is 10.0 Å². The van der Waals surface area contributed by atoms with Crippen molar-refractivity contribution in [1.29, 1.82) is 0 Å². The number of sulfonamides is 1. The number of halogens is 1. The summed E-state index contributed by atoms with van der Waals surface area (Å²) in [7, 11) is -3.69. The average Bonchev–Trinajstić information content (AvgIpc) is 2.47. The Morgan fingerprint density at radius 3 is 2.33 bits per heavy atom. The number of anilines is 1. The highest BCUT2D eigenvalue weighted by Gasteiger charge is 2.15. The Kier molecular flexibility index (Phi) is 5.14. The number of rotatable bonds is 6. The molecule has 1 heterocycles. The van der Waals surface area contributed by atoms with Crippen molar-refractivity contribution in [1.82, 2.24) is 9.97 Å². The summed E-state index contributed by atoms with van der Waals surface area (Å²) < 4.78 is 26.8. The zero-order valence-corrected chi connectivity index (χ0v) is 13.2. The van der Waals surface area contributed by atoms with E-state index in [4.69, 9.17) is 11.6 Å². The van der Waals surface area contributed by atoms with Crippen molar-refractivity contribution >= 4 is 27.3 Å². The Labute approximate surface area is 129 Å². The molecule has 7 heteroatoms. The molecular weight excluding hydrogens is 310 g/mol. The number of nitrogens with one attached hydrogen (secondary N) is 1. The number of nitrogens with zero attached hydrogens (tertiary/aromatic N) is 2. The second kappa shape index (κ2) is 6.87. The van der Waals surface area contributed by atoms with E-state index in [1.165, 1.54) is 18.0 Å². The van der Waals surface area contributed by atoms with Gasteiger partial charge in [-0.3, -0.25) is 4.72 Å². The molecule has 0 saturated carbocycles. The van der Waals surface area contributed by atoms with Crippen molar-refractivity contribution in [2.45, 2.75) is 31.1 Å². The Morgan fingerprint density at radius 1 is 1.14 bits per heavy atom. The van der Waals surface area contributed by atoms with Crippen molar-refractivity contribution in [3.63, 3.8) is 0 Å². The first kappa shape index (κ1) is 15.7. The quantitative estimate of drug-likeness (QED) is 0.827. The third kappa shape index (κ3) is 4.41. The van der Waals surface area contributed by atoms with E-state index in [9.17, 15) is 8.42 Å². The largest absolute Gasteiger partial charge is 0.280 e. The molecule has 2 aromatic rings. The van der Waals surface area contributed by atoms with Gasteiger partial charge in [0.2, 0.25) is 5.28 Å². The second-order valence-electron chi connectivity index (χ2n) is 4.59. The standard InChI is InChI=1S/C14H16ClN3O2S/c1-2-3-4-11-5-7-12(8-6-11)18-21(19,20)13-9-16-14(15)17-10-13/h5-10,18H,2-4H2,1H3. The van der Waals surface area contributed by atoms with Crippen LogP contribution in [0, 0.1) is 0 Å². The second-order valence-corrected chi connectivity index (χ2v) is 6.61. The molecule has 21 heavy (non-hydrogen) atoms. The minimum atomic E-state index is -3.69. The lowest BCUT2D eigenvalue weighted by molar-refractivity contribution is 0.600. The zero-order valence-electron chi connectivity index (χ0n) is 11.6. The van der Waals surface area contributed by atoms with Crippen molar-refractivity contribution in [3.05, 3.63) is 47.5 Å². The van der Waals surface area contributed by atoms with Gasteiger partial charge in [0.05, 0.1) is 12.4 Å². The monoisotopic (exact) mass is 325 g/mol. The summed E-state index contributed by atoms with van der Waals surface area (Å²) in [6, 6.07) is 7.34. The molecule has 1 aromatic heterocycles. The summed E-state index contributed by atoms with van der Waals surface area (Å²) in [5.41, 5.74) is 1.69. The number of benzene rings is 1. The molecule has 0 bridgehead atoms. The van der Waals surface area contributed by atoms with Gasteiger partial charge in [0, 0.05) is 5.69 Å². The van der Waals surface area contributed by atoms with Crippen LogP contribution in [-0.4, -0.2) is 18.4 Å². The first-order valence-corrected chi connectivity index (χ1v) is 8.46. The van der Waals surface area contributed by atoms with E-state index in [0.717, 1.165) is 19.3 Å². The molecule has 5 nitrogen and oxygen atoms in total. The Bertz CT molecular complexity index is 685. The van der Waals surface area contributed by atoms with E-state index >= 15 is 0 Å². The van der Waals surface area contributed by atoms with Crippen LogP contribution < -0.4 is 4.72 Å². The zero-order chi connectivity index (χ0) is 15.3. The minimum Gasteiger partial charge on any atom is -0.280 e. The Hall–Kier alpha value is -1.66. The van der Waals surface area contributed by atoms with Crippen LogP contribution in [0.1, 0.15) is 25.3 Å². The molecule has 2 rings (SSSR count). The van der Waals surface area contributed by atoms with Gasteiger partial charge in [-0.2, -0.15) is 0 Å². The van der Waals surface area contributed by atoms with Crippen LogP contribution in [0.3, 0.4) is 0 Å². The molecule has 0 aliphatic rings. The molecule has 0 saturated heterocycles. The van der Waals surface area contributed by atoms with Crippen molar-refractivity contribution in [2.24, 2.45) is 0 Å². The van der Waals surface area contributed by atoms with Gasteiger partial charge < -0.3 is 0 Å². The Balaban J connectivity index is 2.11. The normalized spacial score (nSPS) is 11.3. The highest BCUT2D eigenvalue weighted by Crippen LogP contribution is 2.17. The predicted molar refractivity (Wildman–Crippen MR) is 82.9 cm³/mol. The van der Waals surface area contributed by atoms with Crippen molar-refractivity contribution in [2.75, 3.05) is 4.72 Å². The van der Waals surface area contributed by atoms with E-state index in [1.807, 2.05) is 12.1 Å². The third-order valence-electron chi connectivity index (χ3n) is 2.93. The van der Waals surface area contributed by atoms with Gasteiger partial charge in [0.1, 0.15) is 4.90 Å². The highest BCUT2D eigenvalue weighted by molar-refractivity contribution is 7.92. The van der Waals surface area contributed by atoms with Gasteiger partial charge in [-0.25, -0.2) is 18.4 Å². The summed E-state index contributed by atoms with van der Waals surface area (Å²) in [6.45, 7) is 2.14. The molecule has 0 aliphatic heterocycles. The van der Waals surface area contributed by atoms with Crippen LogP contribution in [-0.2, 0) is 16.4 Å². The lowest BCUT2D eigenvalue weighted by Crippen LogP contribution is -2.13. The fraction of sp³-hybridized carbons (Fsp3) is 0.286. The number of unbranched alkanes of at least 4 members (excludes halogenated alkanes) is 1. The molecule has 1 N–H and O–H groups in total. The van der Waals surface area contributed by atoms with Crippen LogP contribution in [0.25, 0.3) is 0 Å². The summed E-state index contributed by atoms with van der Waals surface area (Å²) in [6.07, 6.45) is 5.59. The van der Waals surface area contributed by atoms with E-state index in [0.29, 0.717) is 5.69 Å². The molecule has 0 fully saturated rings. The summed E-state index contributed by atoms with van der Waals surface area (Å²) in [5.74, 6) is 0. The summed E-state index contributed by atoms with van der Waals surface area (Å²) >= 11 is 5.54. The lowest BCUT2D eigenvalue weighted by Gasteiger charge is -2.08. The number of hydrogen-bond donors (Lipinski definition) is 1. The van der Waals surface area contributed by atoms with Gasteiger partial charge in [-0.1, -0.05) is 25.5 Å². The number of aryl methyl sites for hydroxylation is 1. The van der Waals surface area contributed by atoms with Crippen LogP contribution >= 0.6 is 11.6 Å². The number of aromatic nitrogens is 2. The molecule has 0 amide bonds. The van der Waals surface area contributed by atoms with Crippen LogP contribution in [0.2, 0.25) is 5.28 Å². The first-order valence-electron chi connectivity index (χ1n) is 6.60. The first-order chi connectivity index (χ1) is 10.0. The van der Waals surface area contributed by atoms with Crippen LogP contribution in [0.15, 0.2) is 41.6 Å². The van der Waals surface area contributed by atoms with Gasteiger partial charge in [-0.15, -0.1) is 0 Å². The van der Waals surface area contributed by atoms with Crippen molar-refractivity contribution < 1.29 is 8.42 Å². The lowest BCUT2D eigenvalue weighted by atomic mass is 10.1. The molecular formula is C14H16ClN3O2S. The van der Waals surface area contributed by atoms with Crippen LogP contribution in [0.4, 0.5) is 5.69 Å². The van der Waals surface area contributed by atoms with E-state index in [-0.39, 0.29) is 10.2 Å².